The van der Waals surface area contributed by atoms with Crippen LogP contribution in [-0.4, -0.2) is 45.7 Å². The fraction of sp³-hybridized carbons (Fsp3) is 0.333. The van der Waals surface area contributed by atoms with Gasteiger partial charge in [0.2, 0.25) is 0 Å². The van der Waals surface area contributed by atoms with Crippen LogP contribution in [0.5, 0.6) is 0 Å². The fourth-order valence-electron chi connectivity index (χ4n) is 3.15. The molecule has 27 heavy (non-hydrogen) atoms. The number of rotatable bonds is 5. The van der Waals surface area contributed by atoms with Gasteiger partial charge < -0.3 is 20.4 Å². The third-order valence-corrected chi connectivity index (χ3v) is 4.85. The number of aliphatic hydroxyl groups excluding tert-OH is 2. The Labute approximate surface area is 158 Å². The molecule has 6 heteroatoms. The van der Waals surface area contributed by atoms with E-state index in [4.69, 9.17) is 0 Å². The van der Waals surface area contributed by atoms with Crippen molar-refractivity contribution in [3.63, 3.8) is 0 Å². The molecule has 6 nitrogen and oxygen atoms in total. The molecule has 0 aliphatic carbocycles. The minimum atomic E-state index is -1.81. The predicted molar refractivity (Wildman–Crippen MR) is 101 cm³/mol. The Kier molecular flexibility index (Phi) is 5.88. The summed E-state index contributed by atoms with van der Waals surface area (Å²) in [6.45, 7) is 3.00. The highest BCUT2D eigenvalue weighted by Gasteiger charge is 2.34. The highest BCUT2D eigenvalue weighted by atomic mass is 16.3. The quantitative estimate of drug-likeness (QED) is 0.732. The van der Waals surface area contributed by atoms with Gasteiger partial charge in [-0.05, 0) is 30.0 Å². The molecule has 0 radical (unpaired) electrons. The first-order valence-electron chi connectivity index (χ1n) is 9.00. The number of amides is 2. The Morgan fingerprint density at radius 1 is 1.04 bits per heavy atom. The van der Waals surface area contributed by atoms with Gasteiger partial charge in [-0.3, -0.25) is 9.59 Å². The largest absolute Gasteiger partial charge is 0.380 e. The van der Waals surface area contributed by atoms with Gasteiger partial charge in [-0.25, -0.2) is 0 Å². The first kappa shape index (κ1) is 19.1. The molecule has 1 aliphatic heterocycles. The molecule has 0 aromatic heterocycles. The van der Waals surface area contributed by atoms with Crippen LogP contribution >= 0.6 is 0 Å². The first-order valence-corrected chi connectivity index (χ1v) is 9.00. The Balaban J connectivity index is 1.56. The number of carbonyl (C=O) groups excluding carboxylic acids is 2. The third-order valence-electron chi connectivity index (χ3n) is 4.85. The van der Waals surface area contributed by atoms with E-state index in [1.54, 1.807) is 0 Å². The van der Waals surface area contributed by atoms with E-state index >= 15 is 0 Å². The smallest absolute Gasteiger partial charge is 0.255 e. The van der Waals surface area contributed by atoms with Crippen molar-refractivity contribution in [1.29, 1.82) is 0 Å². The maximum atomic E-state index is 12.5. The molecule has 2 atom stereocenters. The second-order valence-electron chi connectivity index (χ2n) is 6.87. The van der Waals surface area contributed by atoms with Crippen molar-refractivity contribution in [1.82, 2.24) is 10.2 Å². The molecule has 3 N–H and O–H groups in total. The number of hydrogen-bond donors (Lipinski definition) is 3. The molecule has 2 aromatic rings. The Morgan fingerprint density at radius 2 is 1.70 bits per heavy atom. The van der Waals surface area contributed by atoms with Crippen molar-refractivity contribution in [3.8, 4) is 0 Å². The van der Waals surface area contributed by atoms with Crippen LogP contribution in [0.3, 0.4) is 0 Å². The van der Waals surface area contributed by atoms with Gasteiger partial charge in [-0.1, -0.05) is 54.1 Å². The summed E-state index contributed by atoms with van der Waals surface area (Å²) in [5.74, 6) is -1.41. The van der Waals surface area contributed by atoms with Crippen LogP contribution in [0.4, 0.5) is 0 Å². The van der Waals surface area contributed by atoms with Crippen LogP contribution in [0.15, 0.2) is 48.5 Å². The SMILES string of the molecule is Cc1ccc(CNC(=O)[C@H](O)[C@@H](O)C(=O)N2CCc3ccccc3C2)cc1. The maximum absolute atomic E-state index is 12.5. The molecule has 2 aromatic carbocycles. The van der Waals surface area contributed by atoms with E-state index in [1.165, 1.54) is 10.5 Å². The van der Waals surface area contributed by atoms with Crippen molar-refractivity contribution in [3.05, 3.63) is 70.8 Å². The Morgan fingerprint density at radius 3 is 2.41 bits per heavy atom. The van der Waals surface area contributed by atoms with Crippen molar-refractivity contribution < 1.29 is 19.8 Å². The van der Waals surface area contributed by atoms with Gasteiger partial charge in [0.1, 0.15) is 0 Å². The molecular formula is C21H24N2O4. The zero-order chi connectivity index (χ0) is 19.4. The molecule has 0 spiro atoms. The lowest BCUT2D eigenvalue weighted by Crippen LogP contribution is -2.51. The minimum absolute atomic E-state index is 0.216. The number of nitrogens with one attached hydrogen (secondary N) is 1. The van der Waals surface area contributed by atoms with Crippen LogP contribution < -0.4 is 5.32 Å². The molecule has 3 rings (SSSR count). The normalized spacial score (nSPS) is 15.6. The molecule has 2 amide bonds. The summed E-state index contributed by atoms with van der Waals surface area (Å²) < 4.78 is 0. The molecular weight excluding hydrogens is 344 g/mol. The molecule has 0 unspecified atom stereocenters. The van der Waals surface area contributed by atoms with Crippen LogP contribution in [0.1, 0.15) is 22.3 Å². The Hall–Kier alpha value is -2.70. The van der Waals surface area contributed by atoms with Crippen LogP contribution in [0.25, 0.3) is 0 Å². The summed E-state index contributed by atoms with van der Waals surface area (Å²) >= 11 is 0. The summed E-state index contributed by atoms with van der Waals surface area (Å²) in [4.78, 5) is 26.1. The average molecular weight is 368 g/mol. The maximum Gasteiger partial charge on any atom is 0.255 e. The number of fused-ring (bicyclic) bond motifs is 1. The summed E-state index contributed by atoms with van der Waals surface area (Å²) in [6.07, 6.45) is -2.90. The van der Waals surface area contributed by atoms with E-state index in [0.717, 1.165) is 16.7 Å². The average Bonchev–Trinajstić information content (AvgIpc) is 2.71. The van der Waals surface area contributed by atoms with Crippen molar-refractivity contribution in [2.24, 2.45) is 0 Å². The number of hydrogen-bond acceptors (Lipinski definition) is 4. The molecule has 142 valence electrons. The zero-order valence-electron chi connectivity index (χ0n) is 15.3. The van der Waals surface area contributed by atoms with Gasteiger partial charge in [0.25, 0.3) is 11.8 Å². The number of carbonyl (C=O) groups is 2. The van der Waals surface area contributed by atoms with E-state index in [2.05, 4.69) is 5.32 Å². The van der Waals surface area contributed by atoms with E-state index in [0.29, 0.717) is 19.5 Å². The molecule has 1 aliphatic rings. The number of nitrogens with zero attached hydrogens (tertiary/aromatic N) is 1. The standard InChI is InChI=1S/C21H24N2O4/c1-14-6-8-15(9-7-14)12-22-20(26)18(24)19(25)21(27)23-11-10-16-4-2-3-5-17(16)13-23/h2-9,18-19,24-25H,10-13H2,1H3,(H,22,26)/t18-,19-/m1/s1. The first-order chi connectivity index (χ1) is 13.0. The van der Waals surface area contributed by atoms with Crippen molar-refractivity contribution in [2.45, 2.75) is 38.6 Å². The summed E-state index contributed by atoms with van der Waals surface area (Å²) in [5.41, 5.74) is 4.17. The highest BCUT2D eigenvalue weighted by molar-refractivity contribution is 5.90. The van der Waals surface area contributed by atoms with Gasteiger partial charge in [-0.2, -0.15) is 0 Å². The lowest BCUT2D eigenvalue weighted by atomic mass is 9.99. The minimum Gasteiger partial charge on any atom is -0.380 e. The summed E-state index contributed by atoms with van der Waals surface area (Å²) in [5, 5.41) is 22.8. The molecule has 0 saturated carbocycles. The predicted octanol–water partition coefficient (Wildman–Crippen LogP) is 0.918. The van der Waals surface area contributed by atoms with Gasteiger partial charge >= 0.3 is 0 Å². The number of aliphatic hydroxyl groups is 2. The number of aryl methyl sites for hydroxylation is 1. The van der Waals surface area contributed by atoms with Crippen LogP contribution in [0, 0.1) is 6.92 Å². The summed E-state index contributed by atoms with van der Waals surface area (Å²) in [6, 6.07) is 15.4. The van der Waals surface area contributed by atoms with E-state index in [9.17, 15) is 19.8 Å². The van der Waals surface area contributed by atoms with Crippen LogP contribution in [-0.2, 0) is 29.1 Å². The van der Waals surface area contributed by atoms with Gasteiger partial charge in [0, 0.05) is 19.6 Å². The fourth-order valence-corrected chi connectivity index (χ4v) is 3.15. The van der Waals surface area contributed by atoms with E-state index in [-0.39, 0.29) is 6.54 Å². The second kappa shape index (κ2) is 8.33. The van der Waals surface area contributed by atoms with Crippen molar-refractivity contribution in [2.75, 3.05) is 6.54 Å². The zero-order valence-corrected chi connectivity index (χ0v) is 15.3. The molecule has 0 fully saturated rings. The van der Waals surface area contributed by atoms with E-state index in [1.807, 2.05) is 55.5 Å². The molecule has 1 heterocycles. The third kappa shape index (κ3) is 4.53. The molecule has 0 saturated heterocycles. The van der Waals surface area contributed by atoms with Crippen molar-refractivity contribution >= 4 is 11.8 Å². The topological polar surface area (TPSA) is 89.9 Å². The Bertz CT molecular complexity index is 819. The lowest BCUT2D eigenvalue weighted by molar-refractivity contribution is -0.153. The van der Waals surface area contributed by atoms with Crippen LogP contribution in [0.2, 0.25) is 0 Å². The monoisotopic (exact) mass is 368 g/mol. The highest BCUT2D eigenvalue weighted by Crippen LogP contribution is 2.19. The van der Waals surface area contributed by atoms with Gasteiger partial charge in [-0.15, -0.1) is 0 Å². The summed E-state index contributed by atoms with van der Waals surface area (Å²) in [7, 11) is 0. The van der Waals surface area contributed by atoms with E-state index < -0.39 is 24.0 Å². The number of benzene rings is 2. The van der Waals surface area contributed by atoms with Gasteiger partial charge in [0.15, 0.2) is 12.2 Å². The molecule has 0 bridgehead atoms. The van der Waals surface area contributed by atoms with Gasteiger partial charge in [0.05, 0.1) is 0 Å². The lowest BCUT2D eigenvalue weighted by Gasteiger charge is -2.31. The second-order valence-corrected chi connectivity index (χ2v) is 6.87.